The number of carbonyl (C=O) groups excluding carboxylic acids is 6. The second-order valence-electron chi connectivity index (χ2n) is 18.4. The lowest BCUT2D eigenvalue weighted by atomic mass is 9.80. The summed E-state index contributed by atoms with van der Waals surface area (Å²) in [6.45, 7) is 25.0. The first kappa shape index (κ1) is 53.2. The van der Waals surface area contributed by atoms with Crippen molar-refractivity contribution in [2.24, 2.45) is 10.8 Å². The molecule has 0 aromatic rings. The number of hydrogen-bond donors (Lipinski definition) is 3. The molecule has 17 nitrogen and oxygen atoms in total. The van der Waals surface area contributed by atoms with Gasteiger partial charge in [-0.2, -0.15) is 5.26 Å². The molecule has 0 radical (unpaired) electrons. The average Bonchev–Trinajstić information content (AvgIpc) is 3.07. The Balaban J connectivity index is 2.65. The van der Waals surface area contributed by atoms with Crippen LogP contribution in [0.25, 0.3) is 0 Å². The Labute approximate surface area is 351 Å². The molecule has 3 N–H and O–H groups in total. The Morgan fingerprint density at radius 3 is 1.83 bits per heavy atom. The molecule has 0 aromatic carbocycles. The fraction of sp³-hybridized carbons (Fsp3) is 0.833. The predicted molar refractivity (Wildman–Crippen MR) is 216 cm³/mol. The van der Waals surface area contributed by atoms with Crippen LogP contribution < -0.4 is 16.0 Å². The molecule has 0 saturated carbocycles. The molecule has 338 valence electrons. The lowest BCUT2D eigenvalue weighted by Crippen LogP contribution is -2.66. The summed E-state index contributed by atoms with van der Waals surface area (Å²) >= 11 is 0. The average molecular weight is 841 g/mol. The van der Waals surface area contributed by atoms with E-state index in [4.69, 9.17) is 33.2 Å². The van der Waals surface area contributed by atoms with E-state index >= 15 is 0 Å². The third-order valence-electron chi connectivity index (χ3n) is 9.33. The molecule has 0 spiro atoms. The summed E-state index contributed by atoms with van der Waals surface area (Å²) in [5.74, 6) is -2.93. The van der Waals surface area contributed by atoms with E-state index < -0.39 is 82.3 Å². The van der Waals surface area contributed by atoms with Gasteiger partial charge in [-0.05, 0) is 93.9 Å². The molecule has 1 saturated heterocycles. The normalized spacial score (nSPS) is 20.1. The monoisotopic (exact) mass is 841 g/mol. The Kier molecular flexibility index (Phi) is 20.9. The third-order valence-corrected chi connectivity index (χ3v) is 9.33. The molecule has 0 bridgehead atoms. The van der Waals surface area contributed by atoms with Gasteiger partial charge >= 0.3 is 17.9 Å². The number of nitrogens with zero attached hydrogens (tertiary/aromatic N) is 1. The van der Waals surface area contributed by atoms with E-state index in [0.29, 0.717) is 58.2 Å². The van der Waals surface area contributed by atoms with Crippen LogP contribution in [-0.4, -0.2) is 110 Å². The van der Waals surface area contributed by atoms with Crippen molar-refractivity contribution in [1.82, 2.24) is 16.0 Å². The van der Waals surface area contributed by atoms with Crippen LogP contribution in [-0.2, 0) is 61.9 Å². The van der Waals surface area contributed by atoms with Crippen molar-refractivity contribution >= 4 is 35.6 Å². The number of rotatable bonds is 25. The minimum atomic E-state index is -1.48. The van der Waals surface area contributed by atoms with Crippen molar-refractivity contribution in [1.29, 1.82) is 5.26 Å². The lowest BCUT2D eigenvalue weighted by Gasteiger charge is -2.44. The number of hydrogen-bond acceptors (Lipinski definition) is 14. The Bertz CT molecular complexity index is 1470. The van der Waals surface area contributed by atoms with Gasteiger partial charge in [0.25, 0.3) is 0 Å². The molecule has 1 aliphatic rings. The zero-order valence-electron chi connectivity index (χ0n) is 37.9. The molecule has 17 heteroatoms. The van der Waals surface area contributed by atoms with Crippen LogP contribution in [0.4, 0.5) is 0 Å². The number of esters is 3. The van der Waals surface area contributed by atoms with Crippen LogP contribution in [0.1, 0.15) is 142 Å². The number of nitriles is 1. The first-order valence-corrected chi connectivity index (χ1v) is 20.4. The van der Waals surface area contributed by atoms with Crippen molar-refractivity contribution in [2.45, 2.75) is 190 Å². The fourth-order valence-corrected chi connectivity index (χ4v) is 6.76. The number of carbonyl (C=O) groups is 6. The molecule has 5 unspecified atom stereocenters. The summed E-state index contributed by atoms with van der Waals surface area (Å²) in [5, 5.41) is 17.7. The van der Waals surface area contributed by atoms with Crippen molar-refractivity contribution in [3.63, 3.8) is 0 Å². The Morgan fingerprint density at radius 2 is 1.27 bits per heavy atom. The van der Waals surface area contributed by atoms with E-state index in [1.165, 1.54) is 6.92 Å². The largest absolute Gasteiger partial charge is 0.456 e. The van der Waals surface area contributed by atoms with Crippen molar-refractivity contribution in [3.05, 3.63) is 0 Å². The highest BCUT2D eigenvalue weighted by atomic mass is 16.8. The molecular weight excluding hydrogens is 768 g/mol. The van der Waals surface area contributed by atoms with Gasteiger partial charge in [0.1, 0.15) is 6.04 Å². The van der Waals surface area contributed by atoms with Crippen LogP contribution in [0.2, 0.25) is 0 Å². The van der Waals surface area contributed by atoms with Crippen LogP contribution >= 0.6 is 0 Å². The smallest absolute Gasteiger partial charge is 0.305 e. The van der Waals surface area contributed by atoms with Crippen molar-refractivity contribution in [3.8, 4) is 6.07 Å². The van der Waals surface area contributed by atoms with Crippen molar-refractivity contribution < 1.29 is 61.9 Å². The van der Waals surface area contributed by atoms with Gasteiger partial charge in [-0.25, -0.2) is 0 Å². The first-order valence-electron chi connectivity index (χ1n) is 20.4. The molecule has 0 aromatic heterocycles. The quantitative estimate of drug-likeness (QED) is 0.0653. The highest BCUT2D eigenvalue weighted by Crippen LogP contribution is 2.34. The van der Waals surface area contributed by atoms with Gasteiger partial charge in [-0.1, -0.05) is 13.8 Å². The summed E-state index contributed by atoms with van der Waals surface area (Å²) in [4.78, 5) is 73.5. The maximum absolute atomic E-state index is 13.3. The zero-order valence-corrected chi connectivity index (χ0v) is 37.9. The fourth-order valence-electron chi connectivity index (χ4n) is 6.76. The van der Waals surface area contributed by atoms with E-state index in [1.807, 2.05) is 69.2 Å². The van der Waals surface area contributed by atoms with Crippen molar-refractivity contribution in [2.75, 3.05) is 26.3 Å². The molecule has 59 heavy (non-hydrogen) atoms. The van der Waals surface area contributed by atoms with E-state index in [9.17, 15) is 34.0 Å². The summed E-state index contributed by atoms with van der Waals surface area (Å²) in [7, 11) is 0. The van der Waals surface area contributed by atoms with Gasteiger partial charge in [0.05, 0.1) is 34.9 Å². The second kappa shape index (κ2) is 23.2. The maximum Gasteiger partial charge on any atom is 0.305 e. The van der Waals surface area contributed by atoms with Crippen LogP contribution in [0.15, 0.2) is 0 Å². The van der Waals surface area contributed by atoms with E-state index in [-0.39, 0.29) is 24.8 Å². The van der Waals surface area contributed by atoms with Crippen LogP contribution in [0, 0.1) is 22.2 Å². The summed E-state index contributed by atoms with van der Waals surface area (Å²) in [6, 6.07) is 1.11. The number of amides is 3. The Hall–Kier alpha value is -3.85. The predicted octanol–water partition coefficient (Wildman–Crippen LogP) is 4.52. The molecule has 1 fully saturated rings. The standard InChI is InChI=1S/C42H72N4O13/c1-27(47)46-32-33(55-28(2)48)34(56-29(3)49)36(57-30(4)50)58-35(32)53-23-17-15-16-21-45-37(52)39(7,8)24-41(11,12)59-42(13,14)26-54-40(9,10)20-22-44-31(51)18-19-38(5,6)25-43/h32-36H,15-24,26H2,1-14H3,(H,44,51)(H,45,52)(H,46,47). The summed E-state index contributed by atoms with van der Waals surface area (Å²) < 4.78 is 40.5. The highest BCUT2D eigenvalue weighted by molar-refractivity contribution is 5.81. The number of unbranched alkanes of at least 4 members (excludes halogenated alkanes) is 2. The molecule has 1 heterocycles. The number of ether oxygens (including phenoxy) is 7. The molecule has 1 rings (SSSR count). The summed E-state index contributed by atoms with van der Waals surface area (Å²) in [6.07, 6.45) is -1.76. The minimum absolute atomic E-state index is 0.0930. The van der Waals surface area contributed by atoms with Crippen LogP contribution in [0.5, 0.6) is 0 Å². The van der Waals surface area contributed by atoms with Gasteiger partial charge in [0.2, 0.25) is 30.1 Å². The van der Waals surface area contributed by atoms with Gasteiger partial charge < -0.3 is 49.1 Å². The van der Waals surface area contributed by atoms with Gasteiger partial charge in [-0.3, -0.25) is 28.8 Å². The van der Waals surface area contributed by atoms with Gasteiger partial charge in [0.15, 0.2) is 12.4 Å². The van der Waals surface area contributed by atoms with Gasteiger partial charge in [-0.15, -0.1) is 0 Å². The molecular formula is C42H72N4O13. The Morgan fingerprint density at radius 1 is 0.678 bits per heavy atom. The van der Waals surface area contributed by atoms with Gasteiger partial charge in [0, 0.05) is 59.2 Å². The topological polar surface area (TPSA) is 227 Å². The molecule has 5 atom stereocenters. The molecule has 1 aliphatic heterocycles. The summed E-state index contributed by atoms with van der Waals surface area (Å²) in [5.41, 5.74) is -3.21. The maximum atomic E-state index is 13.3. The molecule has 3 amide bonds. The van der Waals surface area contributed by atoms with E-state index in [1.54, 1.807) is 0 Å². The van der Waals surface area contributed by atoms with Crippen LogP contribution in [0.3, 0.4) is 0 Å². The van der Waals surface area contributed by atoms with E-state index in [0.717, 1.165) is 20.8 Å². The van der Waals surface area contributed by atoms with E-state index in [2.05, 4.69) is 22.0 Å². The number of nitrogens with one attached hydrogen (secondary N) is 3. The first-order chi connectivity index (χ1) is 27.0. The zero-order chi connectivity index (χ0) is 45.4. The lowest BCUT2D eigenvalue weighted by molar-refractivity contribution is -0.321. The second-order valence-corrected chi connectivity index (χ2v) is 18.4. The third kappa shape index (κ3) is 21.3. The minimum Gasteiger partial charge on any atom is -0.456 e. The molecule has 0 aliphatic carbocycles. The SMILES string of the molecule is CC(=O)NC1C(OCCCCCNC(=O)C(C)(C)CC(C)(C)OC(C)(C)COC(C)(C)CCNC(=O)CCC(C)(C)C#N)OC(OC(C)=O)C(OC(C)=O)C1OC(C)=O. The highest BCUT2D eigenvalue weighted by Gasteiger charge is 2.52.